The zero-order chi connectivity index (χ0) is 18.7. The number of guanidine groups is 1. The second kappa shape index (κ2) is 12.8. The lowest BCUT2D eigenvalue weighted by Gasteiger charge is -2.21. The molecule has 1 amide bonds. The number of aryl methyl sites for hydroxylation is 1. The Labute approximate surface area is 174 Å². The predicted molar refractivity (Wildman–Crippen MR) is 119 cm³/mol. The Bertz CT molecular complexity index is 554. The van der Waals surface area contributed by atoms with Crippen LogP contribution in [0.4, 0.5) is 0 Å². The molecule has 0 fully saturated rings. The van der Waals surface area contributed by atoms with Gasteiger partial charge in [0, 0.05) is 19.1 Å². The second-order valence-electron chi connectivity index (χ2n) is 7.02. The molecule has 6 nitrogen and oxygen atoms in total. The molecule has 7 heteroatoms. The number of nitrogens with one attached hydrogen (secondary N) is 3. The fourth-order valence-electron chi connectivity index (χ4n) is 2.11. The first-order valence-corrected chi connectivity index (χ1v) is 8.75. The molecule has 0 spiro atoms. The van der Waals surface area contributed by atoms with Gasteiger partial charge in [-0.2, -0.15) is 0 Å². The summed E-state index contributed by atoms with van der Waals surface area (Å²) in [6, 6.07) is 8.06. The topological polar surface area (TPSA) is 74.8 Å². The summed E-state index contributed by atoms with van der Waals surface area (Å²) in [7, 11) is 1.69. The summed E-state index contributed by atoms with van der Waals surface area (Å²) >= 11 is 0. The van der Waals surface area contributed by atoms with Crippen LogP contribution >= 0.6 is 24.0 Å². The Morgan fingerprint density at radius 2 is 1.77 bits per heavy atom. The number of nitrogens with zero attached hydrogens (tertiary/aromatic N) is 1. The molecule has 0 bridgehead atoms. The van der Waals surface area contributed by atoms with E-state index >= 15 is 0 Å². The molecule has 0 radical (unpaired) electrons. The van der Waals surface area contributed by atoms with Crippen molar-refractivity contribution in [3.63, 3.8) is 0 Å². The molecular weight excluding hydrogens is 443 g/mol. The molecule has 0 aliphatic carbocycles. The van der Waals surface area contributed by atoms with Crippen LogP contribution in [0.1, 0.15) is 39.2 Å². The van der Waals surface area contributed by atoms with Crippen LogP contribution < -0.4 is 20.7 Å². The fraction of sp³-hybridized carbons (Fsp3) is 0.579. The monoisotopic (exact) mass is 476 g/mol. The summed E-state index contributed by atoms with van der Waals surface area (Å²) in [5, 5.41) is 9.11. The Morgan fingerprint density at radius 1 is 1.12 bits per heavy atom. The van der Waals surface area contributed by atoms with Crippen molar-refractivity contribution in [1.29, 1.82) is 0 Å². The van der Waals surface area contributed by atoms with Crippen molar-refractivity contribution in [3.05, 3.63) is 29.8 Å². The van der Waals surface area contributed by atoms with Crippen molar-refractivity contribution in [2.45, 2.75) is 46.1 Å². The molecule has 26 heavy (non-hydrogen) atoms. The standard InChI is InChI=1S/C19H32N4O2.HI/c1-15-8-10-16(11-9-15)25-13-7-6-12-21-18(20-5)22-14-17(24)23-19(2,3)4;/h8-11H,6-7,12-14H2,1-5H3,(H,23,24)(H2,20,21,22);1H. The molecule has 0 aliphatic rings. The second-order valence-corrected chi connectivity index (χ2v) is 7.02. The van der Waals surface area contributed by atoms with Crippen LogP contribution in [0.5, 0.6) is 5.75 Å². The highest BCUT2D eigenvalue weighted by molar-refractivity contribution is 14.0. The summed E-state index contributed by atoms with van der Waals surface area (Å²) < 4.78 is 5.69. The smallest absolute Gasteiger partial charge is 0.239 e. The molecule has 3 N–H and O–H groups in total. The number of rotatable bonds is 8. The van der Waals surface area contributed by atoms with Gasteiger partial charge in [-0.25, -0.2) is 0 Å². The largest absolute Gasteiger partial charge is 0.494 e. The van der Waals surface area contributed by atoms with Gasteiger partial charge in [0.05, 0.1) is 13.2 Å². The van der Waals surface area contributed by atoms with Gasteiger partial charge in [-0.1, -0.05) is 17.7 Å². The van der Waals surface area contributed by atoms with E-state index in [9.17, 15) is 4.79 Å². The summed E-state index contributed by atoms with van der Waals surface area (Å²) in [5.41, 5.74) is 0.999. The van der Waals surface area contributed by atoms with E-state index in [1.165, 1.54) is 5.56 Å². The number of halogens is 1. The van der Waals surface area contributed by atoms with Crippen molar-refractivity contribution in [1.82, 2.24) is 16.0 Å². The van der Waals surface area contributed by atoms with Crippen LogP contribution in [-0.2, 0) is 4.79 Å². The fourth-order valence-corrected chi connectivity index (χ4v) is 2.11. The van der Waals surface area contributed by atoms with E-state index in [2.05, 4.69) is 27.9 Å². The number of aliphatic imine (C=N–C) groups is 1. The minimum atomic E-state index is -0.229. The number of unbranched alkanes of at least 4 members (excludes halogenated alkanes) is 1. The van der Waals surface area contributed by atoms with Gasteiger partial charge in [0.25, 0.3) is 0 Å². The molecule has 0 saturated heterocycles. The predicted octanol–water partition coefficient (Wildman–Crippen LogP) is 2.85. The van der Waals surface area contributed by atoms with Crippen LogP contribution in [-0.4, -0.2) is 44.1 Å². The molecule has 1 aromatic rings. The Hall–Kier alpha value is -1.51. The molecule has 0 atom stereocenters. The summed E-state index contributed by atoms with van der Waals surface area (Å²) in [6.07, 6.45) is 1.91. The highest BCUT2D eigenvalue weighted by atomic mass is 127. The first kappa shape index (κ1) is 24.5. The van der Waals surface area contributed by atoms with Gasteiger partial charge in [-0.3, -0.25) is 9.79 Å². The average Bonchev–Trinajstić information content (AvgIpc) is 2.53. The molecule has 1 rings (SSSR count). The van der Waals surface area contributed by atoms with Crippen molar-refractivity contribution in [2.75, 3.05) is 26.7 Å². The lowest BCUT2D eigenvalue weighted by atomic mass is 10.1. The lowest BCUT2D eigenvalue weighted by Crippen LogP contribution is -2.48. The van der Waals surface area contributed by atoms with Gasteiger partial charge >= 0.3 is 0 Å². The third-order valence-electron chi connectivity index (χ3n) is 3.31. The quantitative estimate of drug-likeness (QED) is 0.234. The van der Waals surface area contributed by atoms with Crippen LogP contribution in [0.3, 0.4) is 0 Å². The minimum Gasteiger partial charge on any atom is -0.494 e. The van der Waals surface area contributed by atoms with Gasteiger partial charge in [-0.05, 0) is 52.7 Å². The van der Waals surface area contributed by atoms with E-state index < -0.39 is 0 Å². The van der Waals surface area contributed by atoms with E-state index in [0.29, 0.717) is 12.6 Å². The molecule has 0 heterocycles. The van der Waals surface area contributed by atoms with Crippen molar-refractivity contribution in [2.24, 2.45) is 4.99 Å². The van der Waals surface area contributed by atoms with Gasteiger partial charge in [0.15, 0.2) is 5.96 Å². The zero-order valence-electron chi connectivity index (χ0n) is 16.5. The van der Waals surface area contributed by atoms with Gasteiger partial charge < -0.3 is 20.7 Å². The molecule has 0 saturated carbocycles. The number of hydrogen-bond acceptors (Lipinski definition) is 3. The molecule has 0 unspecified atom stereocenters. The van der Waals surface area contributed by atoms with E-state index in [4.69, 9.17) is 4.74 Å². The molecular formula is C19H33IN4O2. The first-order valence-electron chi connectivity index (χ1n) is 8.75. The molecule has 0 aromatic heterocycles. The maximum atomic E-state index is 11.8. The lowest BCUT2D eigenvalue weighted by molar-refractivity contribution is -0.121. The molecule has 1 aromatic carbocycles. The van der Waals surface area contributed by atoms with Crippen LogP contribution in [0, 0.1) is 6.92 Å². The maximum absolute atomic E-state index is 11.8. The Kier molecular flexibility index (Phi) is 12.0. The number of benzene rings is 1. The number of carbonyl (C=O) groups is 1. The number of hydrogen-bond donors (Lipinski definition) is 3. The van der Waals surface area contributed by atoms with Gasteiger partial charge in [0.1, 0.15) is 5.75 Å². The van der Waals surface area contributed by atoms with Gasteiger partial charge in [0.2, 0.25) is 5.91 Å². The molecule has 148 valence electrons. The van der Waals surface area contributed by atoms with Crippen molar-refractivity contribution < 1.29 is 9.53 Å². The third kappa shape index (κ3) is 11.9. The Morgan fingerprint density at radius 3 is 2.35 bits per heavy atom. The van der Waals surface area contributed by atoms with Crippen LogP contribution in [0.25, 0.3) is 0 Å². The third-order valence-corrected chi connectivity index (χ3v) is 3.31. The van der Waals surface area contributed by atoms with E-state index in [-0.39, 0.29) is 42.0 Å². The minimum absolute atomic E-state index is 0. The Balaban J connectivity index is 0.00000625. The summed E-state index contributed by atoms with van der Waals surface area (Å²) in [5.74, 6) is 1.48. The van der Waals surface area contributed by atoms with Crippen molar-refractivity contribution >= 4 is 35.8 Å². The van der Waals surface area contributed by atoms with E-state index in [0.717, 1.165) is 25.1 Å². The number of ether oxygens (including phenoxy) is 1. The zero-order valence-corrected chi connectivity index (χ0v) is 18.8. The highest BCUT2D eigenvalue weighted by Gasteiger charge is 2.13. The highest BCUT2D eigenvalue weighted by Crippen LogP contribution is 2.11. The van der Waals surface area contributed by atoms with Crippen LogP contribution in [0.2, 0.25) is 0 Å². The maximum Gasteiger partial charge on any atom is 0.239 e. The number of amides is 1. The van der Waals surface area contributed by atoms with Crippen LogP contribution in [0.15, 0.2) is 29.3 Å². The van der Waals surface area contributed by atoms with Crippen molar-refractivity contribution in [3.8, 4) is 5.75 Å². The number of carbonyl (C=O) groups excluding carboxylic acids is 1. The molecule has 0 aliphatic heterocycles. The SMILES string of the molecule is CN=C(NCCCCOc1ccc(C)cc1)NCC(=O)NC(C)(C)C.I. The summed E-state index contributed by atoms with van der Waals surface area (Å²) in [6.45, 7) is 9.59. The summed E-state index contributed by atoms with van der Waals surface area (Å²) in [4.78, 5) is 15.9. The average molecular weight is 476 g/mol. The normalized spacial score (nSPS) is 11.3. The first-order chi connectivity index (χ1) is 11.8. The van der Waals surface area contributed by atoms with E-state index in [1.807, 2.05) is 45.0 Å². The van der Waals surface area contributed by atoms with E-state index in [1.54, 1.807) is 7.05 Å². The van der Waals surface area contributed by atoms with Gasteiger partial charge in [-0.15, -0.1) is 24.0 Å².